The number of hydrogen-bond donors (Lipinski definition) is 1. The Labute approximate surface area is 169 Å². The zero-order valence-electron chi connectivity index (χ0n) is 17.0. The topological polar surface area (TPSA) is 97.3 Å². The highest BCUT2D eigenvalue weighted by Gasteiger charge is 2.62. The molecule has 154 valence electrons. The molecule has 2 amide bonds. The van der Waals surface area contributed by atoms with Gasteiger partial charge in [0.2, 0.25) is 11.8 Å². The predicted molar refractivity (Wildman–Crippen MR) is 106 cm³/mol. The van der Waals surface area contributed by atoms with Crippen LogP contribution < -0.4 is 10.2 Å². The van der Waals surface area contributed by atoms with Crippen LogP contribution in [0.3, 0.4) is 0 Å². The van der Waals surface area contributed by atoms with Crippen LogP contribution in [0.25, 0.3) is 0 Å². The summed E-state index contributed by atoms with van der Waals surface area (Å²) in [7, 11) is 1.49. The number of nitrogens with one attached hydrogen (secondary N) is 1. The van der Waals surface area contributed by atoms with E-state index in [4.69, 9.17) is 9.57 Å². The summed E-state index contributed by atoms with van der Waals surface area (Å²) < 4.78 is 6.02. The number of benzene rings is 1. The standard InChI is InChI=1S/C21H25N3O5/c1-11-10-24-16-6-5-14(12(2)23-28-4)7-15(16)9-21(19(24)13(3)29-11)17(25)8-18(26)22-20(21)27/h5-7,11,13,19H,8-10H2,1-4H3,(H,22,26,27)/b23-12-/t11-,13+,19-,21-/m1/s1. The van der Waals surface area contributed by atoms with Crippen LogP contribution in [0.15, 0.2) is 23.4 Å². The molecule has 0 saturated carbocycles. The van der Waals surface area contributed by atoms with Crippen LogP contribution in [0, 0.1) is 5.41 Å². The van der Waals surface area contributed by atoms with E-state index in [1.54, 1.807) is 0 Å². The zero-order valence-corrected chi connectivity index (χ0v) is 17.0. The summed E-state index contributed by atoms with van der Waals surface area (Å²) in [4.78, 5) is 45.1. The lowest BCUT2D eigenvalue weighted by molar-refractivity contribution is -0.158. The smallest absolute Gasteiger partial charge is 0.242 e. The highest BCUT2D eigenvalue weighted by atomic mass is 16.6. The minimum atomic E-state index is -1.36. The van der Waals surface area contributed by atoms with Crippen LogP contribution in [0.5, 0.6) is 0 Å². The fourth-order valence-electron chi connectivity index (χ4n) is 5.06. The molecule has 2 saturated heterocycles. The van der Waals surface area contributed by atoms with Crippen molar-refractivity contribution in [2.45, 2.75) is 51.9 Å². The molecule has 1 aromatic carbocycles. The van der Waals surface area contributed by atoms with Crippen molar-refractivity contribution in [2.75, 3.05) is 18.6 Å². The second kappa shape index (κ2) is 6.95. The lowest BCUT2D eigenvalue weighted by atomic mass is 9.63. The lowest BCUT2D eigenvalue weighted by Crippen LogP contribution is -2.72. The summed E-state index contributed by atoms with van der Waals surface area (Å²) in [5.41, 5.74) is 2.06. The number of carbonyl (C=O) groups is 3. The van der Waals surface area contributed by atoms with Crippen molar-refractivity contribution in [1.29, 1.82) is 0 Å². The average Bonchev–Trinajstić information content (AvgIpc) is 2.65. The van der Waals surface area contributed by atoms with E-state index < -0.39 is 23.3 Å². The molecule has 0 aliphatic carbocycles. The van der Waals surface area contributed by atoms with Crippen LogP contribution >= 0.6 is 0 Å². The number of ketones is 1. The Morgan fingerprint density at radius 3 is 2.76 bits per heavy atom. The third-order valence-electron chi connectivity index (χ3n) is 6.17. The number of rotatable bonds is 2. The number of oxime groups is 1. The number of morpholine rings is 1. The Kier molecular flexibility index (Phi) is 4.69. The summed E-state index contributed by atoms with van der Waals surface area (Å²) >= 11 is 0. The number of imide groups is 1. The fraction of sp³-hybridized carbons (Fsp3) is 0.524. The first-order valence-corrected chi connectivity index (χ1v) is 9.78. The Morgan fingerprint density at radius 1 is 1.31 bits per heavy atom. The van der Waals surface area contributed by atoms with Gasteiger partial charge in [-0.1, -0.05) is 11.2 Å². The Balaban J connectivity index is 1.89. The van der Waals surface area contributed by atoms with Crippen molar-refractivity contribution in [1.82, 2.24) is 5.32 Å². The molecular weight excluding hydrogens is 374 g/mol. The second-order valence-electron chi connectivity index (χ2n) is 8.08. The van der Waals surface area contributed by atoms with Crippen molar-refractivity contribution in [2.24, 2.45) is 10.6 Å². The molecule has 0 unspecified atom stereocenters. The van der Waals surface area contributed by atoms with Gasteiger partial charge >= 0.3 is 0 Å². The zero-order chi connectivity index (χ0) is 20.9. The largest absolute Gasteiger partial charge is 0.399 e. The van der Waals surface area contributed by atoms with E-state index in [9.17, 15) is 14.4 Å². The minimum Gasteiger partial charge on any atom is -0.399 e. The number of piperidine rings is 1. The molecule has 0 aromatic heterocycles. The van der Waals surface area contributed by atoms with E-state index in [-0.39, 0.29) is 30.8 Å². The molecule has 8 heteroatoms. The van der Waals surface area contributed by atoms with Crippen molar-refractivity contribution < 1.29 is 24.0 Å². The number of ether oxygens (including phenoxy) is 1. The molecule has 3 aliphatic heterocycles. The molecule has 1 aromatic rings. The first-order chi connectivity index (χ1) is 13.8. The molecule has 2 fully saturated rings. The van der Waals surface area contributed by atoms with E-state index in [0.29, 0.717) is 12.3 Å². The van der Waals surface area contributed by atoms with Gasteiger partial charge in [-0.2, -0.15) is 0 Å². The third kappa shape index (κ3) is 2.93. The normalized spacial score (nSPS) is 32.0. The molecule has 8 nitrogen and oxygen atoms in total. The molecule has 3 aliphatic rings. The van der Waals surface area contributed by atoms with Crippen molar-refractivity contribution in [3.8, 4) is 0 Å². The van der Waals surface area contributed by atoms with Gasteiger partial charge in [-0.15, -0.1) is 0 Å². The Bertz CT molecular complexity index is 905. The number of Topliss-reactive ketones (excluding diaryl/α,β-unsaturated/α-hetero) is 1. The number of carbonyl (C=O) groups excluding carboxylic acids is 3. The van der Waals surface area contributed by atoms with Gasteiger partial charge in [0, 0.05) is 12.2 Å². The summed E-state index contributed by atoms with van der Waals surface area (Å²) in [6, 6.07) is 5.45. The van der Waals surface area contributed by atoms with Crippen molar-refractivity contribution >= 4 is 29.0 Å². The molecule has 3 heterocycles. The van der Waals surface area contributed by atoms with E-state index >= 15 is 0 Å². The van der Waals surface area contributed by atoms with Gasteiger partial charge in [0.25, 0.3) is 0 Å². The van der Waals surface area contributed by atoms with Crippen LogP contribution in [-0.2, 0) is 30.4 Å². The van der Waals surface area contributed by atoms with E-state index in [1.807, 2.05) is 39.0 Å². The molecule has 1 spiro atoms. The molecule has 0 bridgehead atoms. The average molecular weight is 399 g/mol. The van der Waals surface area contributed by atoms with Gasteiger partial charge in [-0.05, 0) is 50.5 Å². The Hall–Kier alpha value is -2.74. The van der Waals surface area contributed by atoms with E-state index in [0.717, 1.165) is 16.8 Å². The van der Waals surface area contributed by atoms with Gasteiger partial charge in [-0.25, -0.2) is 0 Å². The number of hydrogen-bond acceptors (Lipinski definition) is 7. The lowest BCUT2D eigenvalue weighted by Gasteiger charge is -2.55. The molecule has 1 N–H and O–H groups in total. The molecular formula is C21H25N3O5. The molecule has 4 atom stereocenters. The molecule has 4 rings (SSSR count). The van der Waals surface area contributed by atoms with Gasteiger partial charge in [0.05, 0.1) is 30.4 Å². The summed E-state index contributed by atoms with van der Waals surface area (Å²) in [6.07, 6.45) is -0.467. The van der Waals surface area contributed by atoms with Crippen LogP contribution in [0.1, 0.15) is 38.3 Å². The highest BCUT2D eigenvalue weighted by Crippen LogP contribution is 2.47. The SMILES string of the molecule is CO/N=C(/C)c1ccc2c(c1)C[C@@]1(C(=O)CC(=O)NC1=O)[C@H]1[C@H](C)O[C@H](C)CN21. The number of amides is 2. The van der Waals surface area contributed by atoms with Crippen LogP contribution in [0.2, 0.25) is 0 Å². The van der Waals surface area contributed by atoms with Gasteiger partial charge < -0.3 is 14.5 Å². The fourth-order valence-corrected chi connectivity index (χ4v) is 5.06. The maximum absolute atomic E-state index is 13.2. The van der Waals surface area contributed by atoms with E-state index in [1.165, 1.54) is 7.11 Å². The summed E-state index contributed by atoms with van der Waals surface area (Å²) in [6.45, 7) is 6.26. The monoisotopic (exact) mass is 399 g/mol. The van der Waals surface area contributed by atoms with Crippen LogP contribution in [-0.4, -0.2) is 55.2 Å². The minimum absolute atomic E-state index is 0.0518. The van der Waals surface area contributed by atoms with Crippen LogP contribution in [0.4, 0.5) is 5.69 Å². The number of anilines is 1. The first-order valence-electron chi connectivity index (χ1n) is 9.78. The summed E-state index contributed by atoms with van der Waals surface area (Å²) in [5.74, 6) is -1.42. The van der Waals surface area contributed by atoms with E-state index in [2.05, 4.69) is 15.4 Å². The highest BCUT2D eigenvalue weighted by molar-refractivity contribution is 6.22. The maximum atomic E-state index is 13.2. The van der Waals surface area contributed by atoms with Crippen molar-refractivity contribution in [3.63, 3.8) is 0 Å². The number of fused-ring (bicyclic) bond motifs is 4. The maximum Gasteiger partial charge on any atom is 0.242 e. The van der Waals surface area contributed by atoms with Crippen molar-refractivity contribution in [3.05, 3.63) is 29.3 Å². The number of nitrogens with zero attached hydrogens (tertiary/aromatic N) is 2. The predicted octanol–water partition coefficient (Wildman–Crippen LogP) is 1.20. The quantitative estimate of drug-likeness (QED) is 0.347. The summed E-state index contributed by atoms with van der Waals surface area (Å²) in [5, 5.41) is 6.38. The Morgan fingerprint density at radius 2 is 2.07 bits per heavy atom. The second-order valence-corrected chi connectivity index (χ2v) is 8.08. The molecule has 0 radical (unpaired) electrons. The molecule has 29 heavy (non-hydrogen) atoms. The van der Waals surface area contributed by atoms with Gasteiger partial charge in [-0.3, -0.25) is 19.7 Å². The van der Waals surface area contributed by atoms with Gasteiger partial charge in [0.1, 0.15) is 12.5 Å². The van der Waals surface area contributed by atoms with Gasteiger partial charge in [0.15, 0.2) is 5.78 Å². The third-order valence-corrected chi connectivity index (χ3v) is 6.17. The first kappa shape index (κ1) is 19.6.